The van der Waals surface area contributed by atoms with E-state index in [0.29, 0.717) is 49.9 Å². The Bertz CT molecular complexity index is 1380. The van der Waals surface area contributed by atoms with Gasteiger partial charge in [-0.1, -0.05) is 27.7 Å². The number of alkyl carbamates (subject to hydrolysis) is 1. The minimum absolute atomic E-state index is 0.0312. The SMILES string of the molecule is Cc1cc(=O)oc2cc(NC(=O)[C@H](CCCCN)NC(=O)[C@H](CC(C)C)NC(=O)[C@H](CC(C)C)NC(=O)OC(C)(C)C)ccc12. The number of aryl methyl sites for hydroxylation is 1. The molecule has 0 aliphatic rings. The lowest BCUT2D eigenvalue weighted by Gasteiger charge is -2.27. The smallest absolute Gasteiger partial charge is 0.408 e. The second-order valence-electron chi connectivity index (χ2n) is 13.3. The maximum atomic E-state index is 13.6. The molecule has 1 aromatic carbocycles. The van der Waals surface area contributed by atoms with Gasteiger partial charge in [-0.3, -0.25) is 14.4 Å². The fourth-order valence-electron chi connectivity index (χ4n) is 4.79. The largest absolute Gasteiger partial charge is 0.444 e. The number of carbonyl (C=O) groups is 4. The molecule has 0 aliphatic carbocycles. The topological polar surface area (TPSA) is 182 Å². The first-order valence-electron chi connectivity index (χ1n) is 15.6. The molecular formula is C33H51N5O7. The summed E-state index contributed by atoms with van der Waals surface area (Å²) in [5.74, 6) is -1.41. The minimum atomic E-state index is -0.963. The van der Waals surface area contributed by atoms with E-state index < -0.39 is 53.2 Å². The Morgan fingerprint density at radius 2 is 1.42 bits per heavy atom. The van der Waals surface area contributed by atoms with Crippen molar-refractivity contribution >= 4 is 40.5 Å². The number of ether oxygens (including phenoxy) is 1. The lowest BCUT2D eigenvalue weighted by molar-refractivity contribution is -0.132. The Morgan fingerprint density at radius 3 is 1.98 bits per heavy atom. The summed E-state index contributed by atoms with van der Waals surface area (Å²) in [5.41, 5.74) is 5.91. The first-order chi connectivity index (χ1) is 21.0. The first kappa shape index (κ1) is 37.3. The molecule has 0 saturated carbocycles. The molecule has 250 valence electrons. The predicted octanol–water partition coefficient (Wildman–Crippen LogP) is 4.12. The average molecular weight is 630 g/mol. The third-order valence-corrected chi connectivity index (χ3v) is 6.85. The van der Waals surface area contributed by atoms with Crippen molar-refractivity contribution in [3.63, 3.8) is 0 Å². The zero-order chi connectivity index (χ0) is 33.9. The first-order valence-corrected chi connectivity index (χ1v) is 15.6. The van der Waals surface area contributed by atoms with Gasteiger partial charge in [0.25, 0.3) is 0 Å². The monoisotopic (exact) mass is 629 g/mol. The number of nitrogens with one attached hydrogen (secondary N) is 4. The van der Waals surface area contributed by atoms with E-state index in [1.807, 2.05) is 27.7 Å². The molecule has 4 amide bonds. The molecule has 2 aromatic rings. The molecule has 0 saturated heterocycles. The fraction of sp³-hybridized carbons (Fsp3) is 0.606. The van der Waals surface area contributed by atoms with Crippen LogP contribution < -0.4 is 32.6 Å². The summed E-state index contributed by atoms with van der Waals surface area (Å²) in [6.45, 7) is 15.1. The van der Waals surface area contributed by atoms with Gasteiger partial charge in [0.15, 0.2) is 0 Å². The van der Waals surface area contributed by atoms with E-state index in [1.165, 1.54) is 6.07 Å². The Hall–Kier alpha value is -3.93. The summed E-state index contributed by atoms with van der Waals surface area (Å²) in [4.78, 5) is 64.8. The van der Waals surface area contributed by atoms with Crippen LogP contribution in [-0.4, -0.2) is 54.1 Å². The van der Waals surface area contributed by atoms with Gasteiger partial charge in [0, 0.05) is 23.2 Å². The van der Waals surface area contributed by atoms with Crippen LogP contribution in [0.2, 0.25) is 0 Å². The number of carbonyl (C=O) groups excluding carboxylic acids is 4. The van der Waals surface area contributed by atoms with Crippen molar-refractivity contribution in [1.29, 1.82) is 0 Å². The van der Waals surface area contributed by atoms with E-state index in [4.69, 9.17) is 14.9 Å². The molecule has 6 N–H and O–H groups in total. The summed E-state index contributed by atoms with van der Waals surface area (Å²) in [6.07, 6.45) is 1.45. The van der Waals surface area contributed by atoms with E-state index in [2.05, 4.69) is 21.3 Å². The second kappa shape index (κ2) is 17.0. The van der Waals surface area contributed by atoms with E-state index in [0.717, 1.165) is 10.9 Å². The maximum Gasteiger partial charge on any atom is 0.408 e. The van der Waals surface area contributed by atoms with E-state index in [1.54, 1.807) is 45.9 Å². The fourth-order valence-corrected chi connectivity index (χ4v) is 4.79. The van der Waals surface area contributed by atoms with Crippen LogP contribution >= 0.6 is 0 Å². The van der Waals surface area contributed by atoms with Crippen molar-refractivity contribution in [2.75, 3.05) is 11.9 Å². The molecule has 0 spiro atoms. The maximum absolute atomic E-state index is 13.6. The molecule has 0 radical (unpaired) electrons. The number of rotatable bonds is 15. The second-order valence-corrected chi connectivity index (χ2v) is 13.3. The Kier molecular flexibility index (Phi) is 14.0. The Labute approximate surface area is 265 Å². The van der Waals surface area contributed by atoms with Crippen LogP contribution in [0, 0.1) is 18.8 Å². The van der Waals surface area contributed by atoms with Crippen LogP contribution in [0.15, 0.2) is 33.5 Å². The quantitative estimate of drug-likeness (QED) is 0.144. The Morgan fingerprint density at radius 1 is 0.844 bits per heavy atom. The molecule has 1 aromatic heterocycles. The van der Waals surface area contributed by atoms with Gasteiger partial charge in [0.1, 0.15) is 29.3 Å². The highest BCUT2D eigenvalue weighted by atomic mass is 16.6. The summed E-state index contributed by atoms with van der Waals surface area (Å²) >= 11 is 0. The lowest BCUT2D eigenvalue weighted by atomic mass is 9.99. The normalized spacial score (nSPS) is 13.7. The van der Waals surface area contributed by atoms with Crippen LogP contribution in [-0.2, 0) is 19.1 Å². The Balaban J connectivity index is 2.25. The van der Waals surface area contributed by atoms with Crippen LogP contribution in [0.3, 0.4) is 0 Å². The van der Waals surface area contributed by atoms with Crippen LogP contribution in [0.1, 0.15) is 86.1 Å². The number of unbranched alkanes of at least 4 members (excludes halogenated alkanes) is 1. The van der Waals surface area contributed by atoms with Crippen LogP contribution in [0.25, 0.3) is 11.0 Å². The van der Waals surface area contributed by atoms with Crippen molar-refractivity contribution in [3.05, 3.63) is 40.2 Å². The number of benzene rings is 1. The molecule has 0 fully saturated rings. The van der Waals surface area contributed by atoms with Gasteiger partial charge in [-0.2, -0.15) is 0 Å². The lowest BCUT2D eigenvalue weighted by Crippen LogP contribution is -2.57. The van der Waals surface area contributed by atoms with E-state index in [9.17, 15) is 24.0 Å². The number of anilines is 1. The van der Waals surface area contributed by atoms with Gasteiger partial charge < -0.3 is 36.2 Å². The van der Waals surface area contributed by atoms with Gasteiger partial charge in [0.05, 0.1) is 0 Å². The molecule has 0 bridgehead atoms. The summed E-state index contributed by atoms with van der Waals surface area (Å²) in [5, 5.41) is 11.8. The average Bonchev–Trinajstić information content (AvgIpc) is 2.89. The highest BCUT2D eigenvalue weighted by Gasteiger charge is 2.31. The van der Waals surface area contributed by atoms with Gasteiger partial charge >= 0.3 is 11.7 Å². The molecule has 2 rings (SSSR count). The molecule has 0 aliphatic heterocycles. The van der Waals surface area contributed by atoms with Crippen molar-refractivity contribution in [2.45, 2.75) is 111 Å². The van der Waals surface area contributed by atoms with Gasteiger partial charge in [-0.25, -0.2) is 9.59 Å². The number of nitrogens with two attached hydrogens (primary N) is 1. The predicted molar refractivity (Wildman–Crippen MR) is 175 cm³/mol. The molecule has 3 atom stereocenters. The molecule has 12 nitrogen and oxygen atoms in total. The molecule has 45 heavy (non-hydrogen) atoms. The van der Waals surface area contributed by atoms with Crippen molar-refractivity contribution in [3.8, 4) is 0 Å². The van der Waals surface area contributed by atoms with Crippen LogP contribution in [0.5, 0.6) is 0 Å². The van der Waals surface area contributed by atoms with Gasteiger partial charge in [-0.15, -0.1) is 0 Å². The zero-order valence-electron chi connectivity index (χ0n) is 27.9. The minimum Gasteiger partial charge on any atom is -0.444 e. The highest BCUT2D eigenvalue weighted by Crippen LogP contribution is 2.21. The van der Waals surface area contributed by atoms with Crippen molar-refractivity contribution in [1.82, 2.24) is 16.0 Å². The number of fused-ring (bicyclic) bond motifs is 1. The zero-order valence-corrected chi connectivity index (χ0v) is 27.9. The standard InChI is InChI=1S/C33H51N5O7/c1-19(2)15-25(37-31(42)26(16-20(3)4)38-32(43)45-33(6,7)8)30(41)36-24(11-9-10-14-34)29(40)35-22-12-13-23-21(5)17-28(39)44-27(23)18-22/h12-13,17-20,24-26H,9-11,14-16,34H2,1-8H3,(H,35,40)(H,36,41)(H,37,42)(H,38,43)/t24-,25-,26-/m0/s1. The third kappa shape index (κ3) is 12.9. The third-order valence-electron chi connectivity index (χ3n) is 6.85. The summed E-state index contributed by atoms with van der Waals surface area (Å²) in [7, 11) is 0. The van der Waals surface area contributed by atoms with Crippen molar-refractivity contribution in [2.24, 2.45) is 17.6 Å². The summed E-state index contributed by atoms with van der Waals surface area (Å²) in [6, 6.07) is 3.59. The molecular weight excluding hydrogens is 578 g/mol. The number of amides is 4. The molecule has 12 heteroatoms. The van der Waals surface area contributed by atoms with Gasteiger partial charge in [-0.05, 0) is 95.9 Å². The van der Waals surface area contributed by atoms with Crippen LogP contribution in [0.4, 0.5) is 10.5 Å². The number of hydrogen-bond donors (Lipinski definition) is 5. The number of hydrogen-bond acceptors (Lipinski definition) is 8. The van der Waals surface area contributed by atoms with E-state index >= 15 is 0 Å². The van der Waals surface area contributed by atoms with Crippen molar-refractivity contribution < 1.29 is 28.3 Å². The van der Waals surface area contributed by atoms with Gasteiger partial charge in [0.2, 0.25) is 17.7 Å². The molecule has 0 unspecified atom stereocenters. The molecule has 1 heterocycles. The summed E-state index contributed by atoms with van der Waals surface area (Å²) < 4.78 is 10.6. The highest BCUT2D eigenvalue weighted by molar-refractivity contribution is 6.00. The van der Waals surface area contributed by atoms with E-state index in [-0.39, 0.29) is 11.8 Å².